The van der Waals surface area contributed by atoms with Crippen molar-refractivity contribution < 1.29 is 14.3 Å². The Morgan fingerprint density at radius 3 is 2.38 bits per heavy atom. The Hall–Kier alpha value is -1.75. The van der Waals surface area contributed by atoms with Crippen molar-refractivity contribution in [3.63, 3.8) is 0 Å². The average Bonchev–Trinajstić information content (AvgIpc) is 2.85. The summed E-state index contributed by atoms with van der Waals surface area (Å²) in [6.45, 7) is 8.85. The molecule has 0 radical (unpaired) electrons. The Balaban J connectivity index is 1.87. The number of amides is 1. The van der Waals surface area contributed by atoms with E-state index < -0.39 is 0 Å². The fourth-order valence-corrected chi connectivity index (χ4v) is 2.98. The monoisotopic (exact) mass is 334 g/mol. The molecule has 0 saturated carbocycles. The molecule has 1 amide bonds. The number of nitrogens with one attached hydrogen (secondary N) is 1. The molecule has 1 aliphatic heterocycles. The molecule has 0 atom stereocenters. The summed E-state index contributed by atoms with van der Waals surface area (Å²) in [7, 11) is 0. The highest BCUT2D eigenvalue weighted by molar-refractivity contribution is 5.94. The minimum atomic E-state index is -0.0613. The summed E-state index contributed by atoms with van der Waals surface area (Å²) in [6.07, 6.45) is 5.19. The van der Waals surface area contributed by atoms with Crippen molar-refractivity contribution in [3.05, 3.63) is 23.8 Å². The van der Waals surface area contributed by atoms with Gasteiger partial charge in [-0.1, -0.05) is 12.8 Å². The third-order valence-electron chi connectivity index (χ3n) is 4.22. The zero-order valence-corrected chi connectivity index (χ0v) is 15.0. The number of hydrogen-bond acceptors (Lipinski definition) is 4. The molecule has 1 N–H and O–H groups in total. The Morgan fingerprint density at radius 2 is 1.71 bits per heavy atom. The smallest absolute Gasteiger partial charge is 0.251 e. The molecular weight excluding hydrogens is 304 g/mol. The van der Waals surface area contributed by atoms with Gasteiger partial charge < -0.3 is 19.7 Å². The summed E-state index contributed by atoms with van der Waals surface area (Å²) >= 11 is 0. The maximum Gasteiger partial charge on any atom is 0.251 e. The number of carbonyl (C=O) groups excluding carboxylic acids is 1. The summed E-state index contributed by atoms with van der Waals surface area (Å²) < 4.78 is 11.1. The van der Waals surface area contributed by atoms with Gasteiger partial charge in [0, 0.05) is 18.7 Å². The van der Waals surface area contributed by atoms with E-state index in [0.29, 0.717) is 36.8 Å². The normalized spacial score (nSPS) is 15.6. The maximum absolute atomic E-state index is 12.4. The summed E-state index contributed by atoms with van der Waals surface area (Å²) in [5.41, 5.74) is 0.609. The standard InChI is InChI=1S/C19H30N2O3/c1-3-23-17-10-9-16(15-18(17)24-4-2)19(22)20-11-14-21-12-7-5-6-8-13-21/h9-10,15H,3-8,11-14H2,1-2H3,(H,20,22). The van der Waals surface area contributed by atoms with Gasteiger partial charge in [-0.25, -0.2) is 0 Å². The van der Waals surface area contributed by atoms with Crippen LogP contribution >= 0.6 is 0 Å². The minimum absolute atomic E-state index is 0.0613. The van der Waals surface area contributed by atoms with Crippen LogP contribution in [0.4, 0.5) is 0 Å². The van der Waals surface area contributed by atoms with Gasteiger partial charge in [-0.05, 0) is 58.0 Å². The van der Waals surface area contributed by atoms with Gasteiger partial charge in [0.1, 0.15) is 0 Å². The van der Waals surface area contributed by atoms with Crippen LogP contribution in [0.2, 0.25) is 0 Å². The molecule has 2 rings (SSSR count). The second kappa shape index (κ2) is 10.2. The van der Waals surface area contributed by atoms with Gasteiger partial charge in [0.05, 0.1) is 13.2 Å². The third-order valence-corrected chi connectivity index (χ3v) is 4.22. The molecule has 0 aliphatic carbocycles. The van der Waals surface area contributed by atoms with Gasteiger partial charge in [0.25, 0.3) is 5.91 Å². The minimum Gasteiger partial charge on any atom is -0.490 e. The van der Waals surface area contributed by atoms with Crippen molar-refractivity contribution in [2.24, 2.45) is 0 Å². The van der Waals surface area contributed by atoms with Crippen molar-refractivity contribution in [3.8, 4) is 11.5 Å². The average molecular weight is 334 g/mol. The molecule has 5 nitrogen and oxygen atoms in total. The lowest BCUT2D eigenvalue weighted by atomic mass is 10.2. The molecule has 1 fully saturated rings. The molecule has 0 unspecified atom stereocenters. The molecular formula is C19H30N2O3. The second-order valence-corrected chi connectivity index (χ2v) is 6.04. The molecule has 0 bridgehead atoms. The predicted molar refractivity (Wildman–Crippen MR) is 96.0 cm³/mol. The molecule has 5 heteroatoms. The maximum atomic E-state index is 12.4. The SMILES string of the molecule is CCOc1ccc(C(=O)NCCN2CCCCCC2)cc1OCC. The summed E-state index contributed by atoms with van der Waals surface area (Å²) in [6, 6.07) is 5.35. The van der Waals surface area contributed by atoms with Crippen molar-refractivity contribution in [1.29, 1.82) is 0 Å². The number of benzene rings is 1. The van der Waals surface area contributed by atoms with Gasteiger partial charge in [0.15, 0.2) is 11.5 Å². The molecule has 0 aromatic heterocycles. The zero-order chi connectivity index (χ0) is 17.2. The number of hydrogen-bond donors (Lipinski definition) is 1. The number of nitrogens with zero attached hydrogens (tertiary/aromatic N) is 1. The van der Waals surface area contributed by atoms with Crippen molar-refractivity contribution in [2.45, 2.75) is 39.5 Å². The van der Waals surface area contributed by atoms with E-state index in [4.69, 9.17) is 9.47 Å². The molecule has 24 heavy (non-hydrogen) atoms. The number of likely N-dealkylation sites (tertiary alicyclic amines) is 1. The molecule has 0 spiro atoms. The van der Waals surface area contributed by atoms with E-state index in [1.54, 1.807) is 18.2 Å². The third kappa shape index (κ3) is 5.71. The van der Waals surface area contributed by atoms with Gasteiger partial charge >= 0.3 is 0 Å². The van der Waals surface area contributed by atoms with Crippen LogP contribution in [0, 0.1) is 0 Å². The van der Waals surface area contributed by atoms with Gasteiger partial charge in [0.2, 0.25) is 0 Å². The summed E-state index contributed by atoms with van der Waals surface area (Å²) in [4.78, 5) is 14.8. The van der Waals surface area contributed by atoms with Gasteiger partial charge in [-0.3, -0.25) is 4.79 Å². The molecule has 1 aliphatic rings. The summed E-state index contributed by atoms with van der Waals surface area (Å²) in [5.74, 6) is 1.24. The van der Waals surface area contributed by atoms with Crippen LogP contribution in [-0.4, -0.2) is 50.2 Å². The zero-order valence-electron chi connectivity index (χ0n) is 15.0. The van der Waals surface area contributed by atoms with Crippen LogP contribution in [0.3, 0.4) is 0 Å². The predicted octanol–water partition coefficient (Wildman–Crippen LogP) is 3.09. The van der Waals surface area contributed by atoms with E-state index in [1.165, 1.54) is 25.7 Å². The van der Waals surface area contributed by atoms with E-state index in [0.717, 1.165) is 19.6 Å². The Bertz CT molecular complexity index is 511. The lowest BCUT2D eigenvalue weighted by Gasteiger charge is -2.19. The Labute approximate surface area is 145 Å². The fraction of sp³-hybridized carbons (Fsp3) is 0.632. The lowest BCUT2D eigenvalue weighted by Crippen LogP contribution is -2.35. The van der Waals surface area contributed by atoms with Gasteiger partial charge in [-0.2, -0.15) is 0 Å². The topological polar surface area (TPSA) is 50.8 Å². The van der Waals surface area contributed by atoms with Crippen molar-refractivity contribution >= 4 is 5.91 Å². The van der Waals surface area contributed by atoms with Crippen LogP contribution in [0.15, 0.2) is 18.2 Å². The Kier molecular flexibility index (Phi) is 7.89. The van der Waals surface area contributed by atoms with E-state index in [2.05, 4.69) is 10.2 Å². The first-order chi connectivity index (χ1) is 11.7. The van der Waals surface area contributed by atoms with Crippen LogP contribution in [0.5, 0.6) is 11.5 Å². The lowest BCUT2D eigenvalue weighted by molar-refractivity contribution is 0.0948. The molecule has 1 aromatic rings. The van der Waals surface area contributed by atoms with Crippen LogP contribution in [0.25, 0.3) is 0 Å². The first-order valence-corrected chi connectivity index (χ1v) is 9.14. The second-order valence-electron chi connectivity index (χ2n) is 6.04. The quantitative estimate of drug-likeness (QED) is 0.794. The summed E-state index contributed by atoms with van der Waals surface area (Å²) in [5, 5.41) is 3.01. The highest BCUT2D eigenvalue weighted by Gasteiger charge is 2.12. The number of ether oxygens (including phenoxy) is 2. The van der Waals surface area contributed by atoms with Gasteiger partial charge in [-0.15, -0.1) is 0 Å². The van der Waals surface area contributed by atoms with Crippen LogP contribution in [-0.2, 0) is 0 Å². The van der Waals surface area contributed by atoms with E-state index in [-0.39, 0.29) is 5.91 Å². The Morgan fingerprint density at radius 1 is 1.04 bits per heavy atom. The highest BCUT2D eigenvalue weighted by Crippen LogP contribution is 2.28. The number of carbonyl (C=O) groups is 1. The molecule has 1 heterocycles. The first kappa shape index (κ1) is 18.6. The molecule has 1 saturated heterocycles. The molecule has 1 aromatic carbocycles. The largest absolute Gasteiger partial charge is 0.490 e. The van der Waals surface area contributed by atoms with E-state index in [9.17, 15) is 4.79 Å². The molecule has 134 valence electrons. The highest BCUT2D eigenvalue weighted by atomic mass is 16.5. The van der Waals surface area contributed by atoms with Crippen molar-refractivity contribution in [2.75, 3.05) is 39.4 Å². The number of rotatable bonds is 8. The van der Waals surface area contributed by atoms with E-state index >= 15 is 0 Å². The van der Waals surface area contributed by atoms with Crippen LogP contribution in [0.1, 0.15) is 49.9 Å². The van der Waals surface area contributed by atoms with Crippen LogP contribution < -0.4 is 14.8 Å². The first-order valence-electron chi connectivity index (χ1n) is 9.14. The van der Waals surface area contributed by atoms with E-state index in [1.807, 2.05) is 13.8 Å². The fourth-order valence-electron chi connectivity index (χ4n) is 2.98. The van der Waals surface area contributed by atoms with Crippen molar-refractivity contribution in [1.82, 2.24) is 10.2 Å².